The van der Waals surface area contributed by atoms with Crippen molar-refractivity contribution in [3.8, 4) is 0 Å². The molecule has 1 amide bonds. The van der Waals surface area contributed by atoms with Crippen molar-refractivity contribution in [3.63, 3.8) is 0 Å². The SMILES string of the molecule is O=C1NCCOC1CC(O)Cc1nc(C(F)(F)F)[nH]c1[N+](=O)[O-]. The summed E-state index contributed by atoms with van der Waals surface area (Å²) in [5.41, 5.74) is -0.536. The van der Waals surface area contributed by atoms with Gasteiger partial charge < -0.3 is 25.3 Å². The molecule has 2 rings (SSSR count). The number of imidazole rings is 1. The van der Waals surface area contributed by atoms with Gasteiger partial charge in [0, 0.05) is 19.4 Å². The molecule has 12 heteroatoms. The number of H-pyrrole nitrogens is 1. The van der Waals surface area contributed by atoms with E-state index in [2.05, 4.69) is 10.3 Å². The third kappa shape index (κ3) is 4.16. The fraction of sp³-hybridized carbons (Fsp3) is 0.636. The second kappa shape index (κ2) is 6.50. The van der Waals surface area contributed by atoms with E-state index in [4.69, 9.17) is 4.74 Å². The van der Waals surface area contributed by atoms with Gasteiger partial charge in [0.25, 0.3) is 0 Å². The number of alkyl halides is 3. The number of nitro groups is 1. The summed E-state index contributed by atoms with van der Waals surface area (Å²) in [6.45, 7) is 0.565. The highest BCUT2D eigenvalue weighted by molar-refractivity contribution is 5.81. The van der Waals surface area contributed by atoms with Crippen LogP contribution in [0, 0.1) is 10.1 Å². The first kappa shape index (κ1) is 17.1. The number of nitrogens with zero attached hydrogens (tertiary/aromatic N) is 2. The zero-order chi connectivity index (χ0) is 17.2. The van der Waals surface area contributed by atoms with Gasteiger partial charge in [-0.25, -0.2) is 9.97 Å². The minimum Gasteiger partial charge on any atom is -0.393 e. The molecule has 3 N–H and O–H groups in total. The molecule has 1 aromatic rings. The molecule has 0 spiro atoms. The summed E-state index contributed by atoms with van der Waals surface area (Å²) in [4.78, 5) is 25.9. The molecule has 1 aliphatic heterocycles. The van der Waals surface area contributed by atoms with E-state index in [0.29, 0.717) is 6.54 Å². The van der Waals surface area contributed by atoms with Crippen molar-refractivity contribution < 1.29 is 32.7 Å². The minimum absolute atomic E-state index is 0.211. The Bertz CT molecular complexity index is 603. The first-order valence-electron chi connectivity index (χ1n) is 6.56. The third-order valence-electron chi connectivity index (χ3n) is 3.14. The Balaban J connectivity index is 2.10. The number of aliphatic hydroxyl groups is 1. The highest BCUT2D eigenvalue weighted by Gasteiger charge is 2.41. The summed E-state index contributed by atoms with van der Waals surface area (Å²) < 4.78 is 42.8. The Labute approximate surface area is 127 Å². The predicted octanol–water partition coefficient (Wildman–Crippen LogP) is 0.145. The zero-order valence-electron chi connectivity index (χ0n) is 11.6. The summed E-state index contributed by atoms with van der Waals surface area (Å²) in [6, 6.07) is 0. The van der Waals surface area contributed by atoms with Crippen LogP contribution in [0.15, 0.2) is 0 Å². The molecule has 0 bridgehead atoms. The fourth-order valence-corrected chi connectivity index (χ4v) is 2.12. The molecule has 23 heavy (non-hydrogen) atoms. The van der Waals surface area contributed by atoms with E-state index in [9.17, 15) is 33.2 Å². The summed E-state index contributed by atoms with van der Waals surface area (Å²) in [6.07, 6.45) is -7.89. The summed E-state index contributed by atoms with van der Waals surface area (Å²) in [5, 5.41) is 23.2. The summed E-state index contributed by atoms with van der Waals surface area (Å²) >= 11 is 0. The van der Waals surface area contributed by atoms with Crippen molar-refractivity contribution in [1.29, 1.82) is 0 Å². The number of halogens is 3. The first-order chi connectivity index (χ1) is 10.7. The molecule has 0 aliphatic carbocycles. The lowest BCUT2D eigenvalue weighted by molar-refractivity contribution is -0.390. The lowest BCUT2D eigenvalue weighted by atomic mass is 10.1. The van der Waals surface area contributed by atoms with Crippen LogP contribution in [-0.2, 0) is 22.1 Å². The van der Waals surface area contributed by atoms with Gasteiger partial charge in [0.2, 0.25) is 5.91 Å². The Morgan fingerprint density at radius 3 is 2.78 bits per heavy atom. The highest BCUT2D eigenvalue weighted by Crippen LogP contribution is 2.30. The van der Waals surface area contributed by atoms with Crippen molar-refractivity contribution in [1.82, 2.24) is 15.3 Å². The maximum Gasteiger partial charge on any atom is 0.473 e. The number of nitrogens with one attached hydrogen (secondary N) is 2. The third-order valence-corrected chi connectivity index (χ3v) is 3.14. The number of aliphatic hydroxyl groups excluding tert-OH is 1. The molecule has 1 fully saturated rings. The van der Waals surface area contributed by atoms with E-state index < -0.39 is 53.0 Å². The topological polar surface area (TPSA) is 130 Å². The van der Waals surface area contributed by atoms with Gasteiger partial charge in [-0.05, 0) is 4.92 Å². The fourth-order valence-electron chi connectivity index (χ4n) is 2.12. The molecular formula is C11H13F3N4O5. The van der Waals surface area contributed by atoms with E-state index in [1.165, 1.54) is 0 Å². The van der Waals surface area contributed by atoms with Gasteiger partial charge in [-0.2, -0.15) is 13.2 Å². The van der Waals surface area contributed by atoms with Gasteiger partial charge in [0.15, 0.2) is 0 Å². The van der Waals surface area contributed by atoms with Gasteiger partial charge in [-0.15, -0.1) is 0 Å². The molecule has 1 aliphatic rings. The predicted molar refractivity (Wildman–Crippen MR) is 67.3 cm³/mol. The summed E-state index contributed by atoms with van der Waals surface area (Å²) in [7, 11) is 0. The number of hydrogen-bond acceptors (Lipinski definition) is 6. The Morgan fingerprint density at radius 1 is 1.52 bits per heavy atom. The second-order valence-electron chi connectivity index (χ2n) is 4.88. The number of hydrogen-bond donors (Lipinski definition) is 3. The van der Waals surface area contributed by atoms with Crippen LogP contribution in [-0.4, -0.2) is 51.3 Å². The number of amides is 1. The average molecular weight is 338 g/mol. The van der Waals surface area contributed by atoms with Crippen molar-refractivity contribution in [3.05, 3.63) is 21.6 Å². The number of carbonyl (C=O) groups is 1. The minimum atomic E-state index is -4.87. The van der Waals surface area contributed by atoms with Crippen molar-refractivity contribution in [2.75, 3.05) is 13.2 Å². The molecule has 1 aromatic heterocycles. The molecule has 0 radical (unpaired) electrons. The first-order valence-corrected chi connectivity index (χ1v) is 6.56. The van der Waals surface area contributed by atoms with E-state index in [1.807, 2.05) is 0 Å². The Kier molecular flexibility index (Phi) is 4.85. The second-order valence-corrected chi connectivity index (χ2v) is 4.88. The average Bonchev–Trinajstić information content (AvgIpc) is 2.85. The van der Waals surface area contributed by atoms with Crippen LogP contribution in [0.1, 0.15) is 17.9 Å². The van der Waals surface area contributed by atoms with Crippen LogP contribution < -0.4 is 5.32 Å². The van der Waals surface area contributed by atoms with Crippen molar-refractivity contribution in [2.45, 2.75) is 31.2 Å². The quantitative estimate of drug-likeness (QED) is 0.517. The number of aromatic amines is 1. The van der Waals surface area contributed by atoms with Crippen molar-refractivity contribution >= 4 is 11.7 Å². The molecular weight excluding hydrogens is 325 g/mol. The lowest BCUT2D eigenvalue weighted by Gasteiger charge is -2.24. The Hall–Kier alpha value is -2.21. The maximum atomic E-state index is 12.6. The number of rotatable bonds is 5. The molecule has 1 saturated heterocycles. The number of ether oxygens (including phenoxy) is 1. The van der Waals surface area contributed by atoms with E-state index >= 15 is 0 Å². The molecule has 2 heterocycles. The van der Waals surface area contributed by atoms with E-state index in [0.717, 1.165) is 0 Å². The maximum absolute atomic E-state index is 12.6. The number of carbonyl (C=O) groups excluding carboxylic acids is 1. The normalized spacial score (nSPS) is 20.2. The van der Waals surface area contributed by atoms with E-state index in [-0.39, 0.29) is 13.0 Å². The van der Waals surface area contributed by atoms with Crippen LogP contribution in [0.4, 0.5) is 19.0 Å². The Morgan fingerprint density at radius 2 is 2.22 bits per heavy atom. The molecule has 0 aromatic carbocycles. The standard InChI is InChI=1S/C11H13F3N4O5/c12-11(13,14)10-16-6(8(17-10)18(21)22)3-5(19)4-7-9(20)15-1-2-23-7/h5,7,19H,1-4H2,(H,15,20)(H,16,17). The highest BCUT2D eigenvalue weighted by atomic mass is 19.4. The lowest BCUT2D eigenvalue weighted by Crippen LogP contribution is -2.45. The van der Waals surface area contributed by atoms with Crippen LogP contribution in [0.25, 0.3) is 0 Å². The monoisotopic (exact) mass is 338 g/mol. The van der Waals surface area contributed by atoms with Crippen LogP contribution >= 0.6 is 0 Å². The summed E-state index contributed by atoms with van der Waals surface area (Å²) in [5.74, 6) is -2.91. The van der Waals surface area contributed by atoms with Gasteiger partial charge >= 0.3 is 17.8 Å². The molecule has 9 nitrogen and oxygen atoms in total. The molecule has 2 atom stereocenters. The van der Waals surface area contributed by atoms with Gasteiger partial charge in [0.1, 0.15) is 11.8 Å². The van der Waals surface area contributed by atoms with Crippen LogP contribution in [0.2, 0.25) is 0 Å². The molecule has 128 valence electrons. The molecule has 2 unspecified atom stereocenters. The van der Waals surface area contributed by atoms with Gasteiger partial charge in [-0.1, -0.05) is 0 Å². The van der Waals surface area contributed by atoms with Crippen molar-refractivity contribution in [2.24, 2.45) is 0 Å². The molecule has 0 saturated carbocycles. The van der Waals surface area contributed by atoms with Gasteiger partial charge in [-0.3, -0.25) is 4.79 Å². The van der Waals surface area contributed by atoms with Crippen LogP contribution in [0.5, 0.6) is 0 Å². The number of morpholine rings is 1. The number of aromatic nitrogens is 2. The van der Waals surface area contributed by atoms with E-state index in [1.54, 1.807) is 4.98 Å². The van der Waals surface area contributed by atoms with Gasteiger partial charge in [0.05, 0.1) is 12.7 Å². The largest absolute Gasteiger partial charge is 0.473 e. The van der Waals surface area contributed by atoms with Crippen LogP contribution in [0.3, 0.4) is 0 Å². The smallest absolute Gasteiger partial charge is 0.393 e. The zero-order valence-corrected chi connectivity index (χ0v) is 11.6.